The highest BCUT2D eigenvalue weighted by atomic mass is 16.5. The van der Waals surface area contributed by atoms with Gasteiger partial charge in [0, 0.05) is 31.5 Å². The molecule has 1 N–H and O–H groups in total. The standard InChI is InChI=1S/C21H31N5O2/c1-15(2)18-12-17(24-26(18)21(3,4)5)20(27)23-14-16-6-7-19(22-13-16)25-8-10-28-11-9-25/h6-7,12-13,15H,8-11,14H2,1-5H3,(H,23,27). The number of pyridine rings is 1. The molecule has 1 saturated heterocycles. The summed E-state index contributed by atoms with van der Waals surface area (Å²) in [5.41, 5.74) is 2.31. The van der Waals surface area contributed by atoms with Gasteiger partial charge in [-0.15, -0.1) is 0 Å². The molecule has 3 rings (SSSR count). The Labute approximate surface area is 167 Å². The van der Waals surface area contributed by atoms with E-state index in [1.54, 1.807) is 0 Å². The van der Waals surface area contributed by atoms with Gasteiger partial charge in [-0.3, -0.25) is 9.48 Å². The number of amides is 1. The number of carbonyl (C=O) groups is 1. The van der Waals surface area contributed by atoms with Crippen LogP contribution in [0, 0.1) is 0 Å². The van der Waals surface area contributed by atoms with Crippen LogP contribution >= 0.6 is 0 Å². The number of morpholine rings is 1. The number of rotatable bonds is 5. The molecule has 152 valence electrons. The van der Waals surface area contributed by atoms with E-state index in [-0.39, 0.29) is 11.4 Å². The second kappa shape index (κ2) is 8.31. The molecular weight excluding hydrogens is 354 g/mol. The van der Waals surface area contributed by atoms with Gasteiger partial charge >= 0.3 is 0 Å². The molecule has 2 aromatic rings. The fourth-order valence-electron chi connectivity index (χ4n) is 3.23. The first-order valence-corrected chi connectivity index (χ1v) is 9.92. The highest BCUT2D eigenvalue weighted by Crippen LogP contribution is 2.23. The summed E-state index contributed by atoms with van der Waals surface area (Å²) in [7, 11) is 0. The highest BCUT2D eigenvalue weighted by Gasteiger charge is 2.23. The van der Waals surface area contributed by atoms with Crippen LogP contribution in [-0.2, 0) is 16.8 Å². The maximum absolute atomic E-state index is 12.6. The van der Waals surface area contributed by atoms with E-state index < -0.39 is 0 Å². The molecule has 7 nitrogen and oxygen atoms in total. The first-order valence-electron chi connectivity index (χ1n) is 9.92. The van der Waals surface area contributed by atoms with Crippen molar-refractivity contribution in [3.63, 3.8) is 0 Å². The van der Waals surface area contributed by atoms with Gasteiger partial charge in [0.2, 0.25) is 0 Å². The monoisotopic (exact) mass is 385 g/mol. The van der Waals surface area contributed by atoms with Crippen LogP contribution < -0.4 is 10.2 Å². The van der Waals surface area contributed by atoms with Crippen LogP contribution in [0.4, 0.5) is 5.82 Å². The Kier molecular flexibility index (Phi) is 6.03. The molecule has 1 fully saturated rings. The van der Waals surface area contributed by atoms with Gasteiger partial charge in [0.25, 0.3) is 5.91 Å². The minimum absolute atomic E-state index is 0.165. The number of carbonyl (C=O) groups excluding carboxylic acids is 1. The van der Waals surface area contributed by atoms with Gasteiger partial charge in [0.05, 0.1) is 18.8 Å². The Bertz CT molecular complexity index is 799. The zero-order chi connectivity index (χ0) is 20.3. The van der Waals surface area contributed by atoms with Crippen molar-refractivity contribution >= 4 is 11.7 Å². The van der Waals surface area contributed by atoms with Crippen LogP contribution in [0.25, 0.3) is 0 Å². The number of anilines is 1. The molecule has 0 saturated carbocycles. The lowest BCUT2D eigenvalue weighted by molar-refractivity contribution is 0.0944. The largest absolute Gasteiger partial charge is 0.378 e. The van der Waals surface area contributed by atoms with Gasteiger partial charge in [-0.2, -0.15) is 5.10 Å². The average molecular weight is 386 g/mol. The fourth-order valence-corrected chi connectivity index (χ4v) is 3.23. The Morgan fingerprint density at radius 2 is 1.96 bits per heavy atom. The molecular formula is C21H31N5O2. The van der Waals surface area contributed by atoms with Crippen LogP contribution in [0.3, 0.4) is 0 Å². The summed E-state index contributed by atoms with van der Waals surface area (Å²) in [6.45, 7) is 14.1. The third-order valence-corrected chi connectivity index (χ3v) is 4.79. The molecule has 0 radical (unpaired) electrons. The maximum atomic E-state index is 12.6. The number of hydrogen-bond acceptors (Lipinski definition) is 5. The van der Waals surface area contributed by atoms with Gasteiger partial charge in [-0.1, -0.05) is 19.9 Å². The van der Waals surface area contributed by atoms with Crippen LogP contribution in [-0.4, -0.2) is 47.0 Å². The SMILES string of the molecule is CC(C)c1cc(C(=O)NCc2ccc(N3CCOCC3)nc2)nn1C(C)(C)C. The van der Waals surface area contributed by atoms with Gasteiger partial charge in [-0.25, -0.2) is 4.98 Å². The summed E-state index contributed by atoms with van der Waals surface area (Å²) < 4.78 is 7.32. The smallest absolute Gasteiger partial charge is 0.272 e. The molecule has 7 heteroatoms. The van der Waals surface area contributed by atoms with Crippen LogP contribution in [0.15, 0.2) is 24.4 Å². The molecule has 0 aliphatic carbocycles. The molecule has 28 heavy (non-hydrogen) atoms. The van der Waals surface area contributed by atoms with E-state index >= 15 is 0 Å². The first kappa shape index (κ1) is 20.3. The predicted octanol–water partition coefficient (Wildman–Crippen LogP) is 2.92. The molecule has 1 aliphatic heterocycles. The molecule has 0 spiro atoms. The van der Waals surface area contributed by atoms with Crippen molar-refractivity contribution in [1.29, 1.82) is 0 Å². The molecule has 0 bridgehead atoms. The van der Waals surface area contributed by atoms with Gasteiger partial charge in [0.15, 0.2) is 0 Å². The summed E-state index contributed by atoms with van der Waals surface area (Å²) in [6, 6.07) is 5.90. The lowest BCUT2D eigenvalue weighted by Crippen LogP contribution is -2.36. The summed E-state index contributed by atoms with van der Waals surface area (Å²) in [5, 5.41) is 7.52. The quantitative estimate of drug-likeness (QED) is 0.857. The van der Waals surface area contributed by atoms with E-state index in [9.17, 15) is 4.79 Å². The summed E-state index contributed by atoms with van der Waals surface area (Å²) in [4.78, 5) is 19.4. The molecule has 1 amide bonds. The van der Waals surface area contributed by atoms with E-state index in [0.717, 1.165) is 43.4 Å². The van der Waals surface area contributed by atoms with Crippen molar-refractivity contribution in [2.24, 2.45) is 0 Å². The van der Waals surface area contributed by atoms with Crippen LogP contribution in [0.5, 0.6) is 0 Å². The zero-order valence-corrected chi connectivity index (χ0v) is 17.5. The van der Waals surface area contributed by atoms with Crippen LogP contribution in [0.1, 0.15) is 62.3 Å². The number of nitrogens with one attached hydrogen (secondary N) is 1. The highest BCUT2D eigenvalue weighted by molar-refractivity contribution is 5.92. The number of ether oxygens (including phenoxy) is 1. The third-order valence-electron chi connectivity index (χ3n) is 4.79. The number of hydrogen-bond donors (Lipinski definition) is 1. The van der Waals surface area contributed by atoms with Crippen molar-refractivity contribution < 1.29 is 9.53 Å². The minimum Gasteiger partial charge on any atom is -0.378 e. The van der Waals surface area contributed by atoms with Crippen molar-refractivity contribution in [2.75, 3.05) is 31.2 Å². The molecule has 0 aromatic carbocycles. The normalized spacial score (nSPS) is 15.1. The fraction of sp³-hybridized carbons (Fsp3) is 0.571. The lowest BCUT2D eigenvalue weighted by atomic mass is 10.1. The van der Waals surface area contributed by atoms with Gasteiger partial charge in [0.1, 0.15) is 11.5 Å². The molecule has 1 aliphatic rings. The Balaban J connectivity index is 1.64. The molecule has 3 heterocycles. The number of nitrogens with zero attached hydrogens (tertiary/aromatic N) is 4. The van der Waals surface area contributed by atoms with Gasteiger partial charge in [-0.05, 0) is 44.4 Å². The third kappa shape index (κ3) is 4.70. The Morgan fingerprint density at radius 3 is 2.50 bits per heavy atom. The van der Waals surface area contributed by atoms with Gasteiger partial charge < -0.3 is 15.0 Å². The summed E-state index contributed by atoms with van der Waals surface area (Å²) in [6.07, 6.45) is 1.82. The molecule has 0 unspecified atom stereocenters. The van der Waals surface area contributed by atoms with Crippen LogP contribution in [0.2, 0.25) is 0 Å². The molecule has 2 aromatic heterocycles. The van der Waals surface area contributed by atoms with Crippen molar-refractivity contribution in [2.45, 2.75) is 52.6 Å². The Hall–Kier alpha value is -2.41. The Morgan fingerprint density at radius 1 is 1.25 bits per heavy atom. The molecule has 0 atom stereocenters. The number of aromatic nitrogens is 3. The lowest BCUT2D eigenvalue weighted by Gasteiger charge is -2.27. The van der Waals surface area contributed by atoms with E-state index in [2.05, 4.69) is 54.9 Å². The average Bonchev–Trinajstić information content (AvgIpc) is 3.14. The summed E-state index contributed by atoms with van der Waals surface area (Å²) >= 11 is 0. The van der Waals surface area contributed by atoms with E-state index in [1.165, 1.54) is 0 Å². The first-order chi connectivity index (χ1) is 13.3. The summed E-state index contributed by atoms with van der Waals surface area (Å²) in [5.74, 6) is 1.08. The topological polar surface area (TPSA) is 72.3 Å². The van der Waals surface area contributed by atoms with Crippen molar-refractivity contribution in [3.8, 4) is 0 Å². The van der Waals surface area contributed by atoms with E-state index in [1.807, 2.05) is 29.1 Å². The van der Waals surface area contributed by atoms with E-state index in [4.69, 9.17) is 4.74 Å². The minimum atomic E-state index is -0.169. The second-order valence-electron chi connectivity index (χ2n) is 8.50. The maximum Gasteiger partial charge on any atom is 0.272 e. The predicted molar refractivity (Wildman–Crippen MR) is 110 cm³/mol. The van der Waals surface area contributed by atoms with Crippen molar-refractivity contribution in [3.05, 3.63) is 41.3 Å². The zero-order valence-electron chi connectivity index (χ0n) is 17.5. The van der Waals surface area contributed by atoms with Crippen molar-refractivity contribution in [1.82, 2.24) is 20.1 Å². The second-order valence-corrected chi connectivity index (χ2v) is 8.50. The van der Waals surface area contributed by atoms with E-state index in [0.29, 0.717) is 18.2 Å².